The van der Waals surface area contributed by atoms with Crippen LogP contribution in [0.5, 0.6) is 5.75 Å². The van der Waals surface area contributed by atoms with Crippen molar-refractivity contribution in [3.05, 3.63) is 48.1 Å². The Bertz CT molecular complexity index is 571. The van der Waals surface area contributed by atoms with Gasteiger partial charge in [-0.3, -0.25) is 0 Å². The highest BCUT2D eigenvalue weighted by Crippen LogP contribution is 2.41. The summed E-state index contributed by atoms with van der Waals surface area (Å²) in [6, 6.07) is 1.70. The molecule has 0 bridgehead atoms. The number of hydrogen-bond acceptors (Lipinski definition) is 1. The monoisotopic (exact) mass is 320 g/mol. The van der Waals surface area contributed by atoms with Crippen LogP contribution >= 0.6 is 0 Å². The van der Waals surface area contributed by atoms with E-state index in [4.69, 9.17) is 4.74 Å². The molecule has 0 saturated heterocycles. The van der Waals surface area contributed by atoms with E-state index in [-0.39, 0.29) is 11.7 Å². The molecule has 1 atom stereocenters. The molecule has 1 fully saturated rings. The molecule has 0 aliphatic heterocycles. The number of rotatable bonds is 6. The quantitative estimate of drug-likeness (QED) is 0.563. The van der Waals surface area contributed by atoms with Gasteiger partial charge in [-0.15, -0.1) is 0 Å². The van der Waals surface area contributed by atoms with Crippen LogP contribution in [0, 0.1) is 17.6 Å². The molecule has 0 aromatic heterocycles. The molecule has 2 rings (SSSR count). The maximum Gasteiger partial charge on any atom is 0.201 e. The highest BCUT2D eigenvalue weighted by molar-refractivity contribution is 5.58. The molecule has 0 heterocycles. The van der Waals surface area contributed by atoms with Crippen LogP contribution in [0.1, 0.15) is 63.0 Å². The maximum absolute atomic E-state index is 14.6. The molecule has 0 spiro atoms. The molecule has 1 nitrogen and oxygen atoms in total. The van der Waals surface area contributed by atoms with Gasteiger partial charge in [0, 0.05) is 5.56 Å². The van der Waals surface area contributed by atoms with Crippen molar-refractivity contribution in [1.82, 2.24) is 0 Å². The van der Waals surface area contributed by atoms with E-state index >= 15 is 0 Å². The second kappa shape index (κ2) is 7.76. The fourth-order valence-corrected chi connectivity index (χ4v) is 3.33. The lowest BCUT2D eigenvalue weighted by molar-refractivity contribution is 0.250. The van der Waals surface area contributed by atoms with Crippen LogP contribution < -0.4 is 4.74 Å². The van der Waals surface area contributed by atoms with Crippen molar-refractivity contribution >= 4 is 6.08 Å². The summed E-state index contributed by atoms with van der Waals surface area (Å²) in [5.74, 6) is -0.965. The van der Waals surface area contributed by atoms with Gasteiger partial charge in [0.05, 0.1) is 0 Å². The van der Waals surface area contributed by atoms with Crippen molar-refractivity contribution in [3.8, 4) is 5.75 Å². The summed E-state index contributed by atoms with van der Waals surface area (Å²) in [6.07, 6.45) is 7.82. The molecular weight excluding hydrogens is 294 g/mol. The van der Waals surface area contributed by atoms with Crippen LogP contribution in [0.3, 0.4) is 0 Å². The number of benzene rings is 1. The summed E-state index contributed by atoms with van der Waals surface area (Å²) in [5.41, 5.74) is 0.968. The molecule has 0 radical (unpaired) electrons. The van der Waals surface area contributed by atoms with Crippen LogP contribution in [0.4, 0.5) is 8.78 Å². The first-order chi connectivity index (χ1) is 11.0. The van der Waals surface area contributed by atoms with Gasteiger partial charge in [-0.25, -0.2) is 4.39 Å². The standard InChI is InChI=1S/C20H26F2O/c1-5-13(4)23-20-15(7-3)12-17(18(21)19(20)22)16-10-8-14(6-2)9-11-16/h5,7,12-14,16H,1,3,6,8-11H2,2,4H3/t13?,14-,16-. The van der Waals surface area contributed by atoms with E-state index in [1.54, 1.807) is 19.1 Å². The van der Waals surface area contributed by atoms with Crippen LogP contribution in [0.2, 0.25) is 0 Å². The predicted molar refractivity (Wildman–Crippen MR) is 91.7 cm³/mol. The zero-order valence-electron chi connectivity index (χ0n) is 14.1. The third kappa shape index (κ3) is 3.82. The number of halogens is 2. The van der Waals surface area contributed by atoms with Gasteiger partial charge in [0.1, 0.15) is 6.10 Å². The Morgan fingerprint density at radius 3 is 2.39 bits per heavy atom. The van der Waals surface area contributed by atoms with E-state index < -0.39 is 17.7 Å². The van der Waals surface area contributed by atoms with Crippen molar-refractivity contribution in [2.24, 2.45) is 5.92 Å². The average Bonchev–Trinajstić information content (AvgIpc) is 2.59. The minimum atomic E-state index is -0.913. The van der Waals surface area contributed by atoms with Crippen molar-refractivity contribution in [2.45, 2.75) is 58.0 Å². The minimum absolute atomic E-state index is 0.0732. The molecular formula is C20H26F2O. The van der Waals surface area contributed by atoms with E-state index in [1.165, 1.54) is 6.08 Å². The van der Waals surface area contributed by atoms with E-state index in [1.807, 2.05) is 0 Å². The molecule has 126 valence electrons. The van der Waals surface area contributed by atoms with Gasteiger partial charge in [0.25, 0.3) is 0 Å². The summed E-state index contributed by atoms with van der Waals surface area (Å²) < 4.78 is 34.6. The molecule has 1 aliphatic rings. The topological polar surface area (TPSA) is 9.23 Å². The lowest BCUT2D eigenvalue weighted by atomic mass is 9.77. The summed E-state index contributed by atoms with van der Waals surface area (Å²) in [6.45, 7) is 11.2. The first kappa shape index (κ1) is 17.7. The fraction of sp³-hybridized carbons (Fsp3) is 0.500. The van der Waals surface area contributed by atoms with Gasteiger partial charge >= 0.3 is 0 Å². The highest BCUT2D eigenvalue weighted by atomic mass is 19.2. The van der Waals surface area contributed by atoms with E-state index in [0.29, 0.717) is 17.0 Å². The van der Waals surface area contributed by atoms with Crippen LogP contribution in [-0.4, -0.2) is 6.10 Å². The second-order valence-electron chi connectivity index (χ2n) is 6.40. The first-order valence-corrected chi connectivity index (χ1v) is 8.45. The molecule has 3 heteroatoms. The third-order valence-electron chi connectivity index (χ3n) is 4.94. The smallest absolute Gasteiger partial charge is 0.201 e. The lowest BCUT2D eigenvalue weighted by Gasteiger charge is -2.29. The summed E-state index contributed by atoms with van der Waals surface area (Å²) >= 11 is 0. The second-order valence-corrected chi connectivity index (χ2v) is 6.40. The largest absolute Gasteiger partial charge is 0.483 e. The summed E-state index contributed by atoms with van der Waals surface area (Å²) in [7, 11) is 0. The average molecular weight is 320 g/mol. The Kier molecular flexibility index (Phi) is 5.97. The van der Waals surface area contributed by atoms with Gasteiger partial charge in [0.2, 0.25) is 5.82 Å². The van der Waals surface area contributed by atoms with Crippen LogP contribution in [0.25, 0.3) is 6.08 Å². The van der Waals surface area contributed by atoms with Gasteiger partial charge in [-0.2, -0.15) is 4.39 Å². The van der Waals surface area contributed by atoms with Crippen LogP contribution in [-0.2, 0) is 0 Å². The Morgan fingerprint density at radius 2 is 1.87 bits per heavy atom. The summed E-state index contributed by atoms with van der Waals surface area (Å²) in [5, 5.41) is 0. The van der Waals surface area contributed by atoms with Crippen LogP contribution in [0.15, 0.2) is 25.3 Å². The zero-order valence-corrected chi connectivity index (χ0v) is 14.1. The highest BCUT2D eigenvalue weighted by Gasteiger charge is 2.27. The molecule has 1 aliphatic carbocycles. The maximum atomic E-state index is 14.6. The first-order valence-electron chi connectivity index (χ1n) is 8.45. The normalized spacial score (nSPS) is 22.4. The van der Waals surface area contributed by atoms with Crippen molar-refractivity contribution in [2.75, 3.05) is 0 Å². The Morgan fingerprint density at radius 1 is 1.22 bits per heavy atom. The molecule has 0 N–H and O–H groups in total. The minimum Gasteiger partial charge on any atom is -0.483 e. The lowest BCUT2D eigenvalue weighted by Crippen LogP contribution is -2.16. The summed E-state index contributed by atoms with van der Waals surface area (Å²) in [4.78, 5) is 0. The predicted octanol–water partition coefficient (Wildman–Crippen LogP) is 6.24. The van der Waals surface area contributed by atoms with Gasteiger partial charge in [-0.1, -0.05) is 38.7 Å². The van der Waals surface area contributed by atoms with Crippen molar-refractivity contribution in [1.29, 1.82) is 0 Å². The van der Waals surface area contributed by atoms with Crippen molar-refractivity contribution < 1.29 is 13.5 Å². The molecule has 1 unspecified atom stereocenters. The zero-order chi connectivity index (χ0) is 17.0. The molecule has 1 saturated carbocycles. The molecule has 0 amide bonds. The Labute approximate surface area is 138 Å². The van der Waals surface area contributed by atoms with Gasteiger partial charge in [0.15, 0.2) is 11.6 Å². The van der Waals surface area contributed by atoms with E-state index in [2.05, 4.69) is 20.1 Å². The number of hydrogen-bond donors (Lipinski definition) is 0. The Balaban J connectivity index is 2.33. The Hall–Kier alpha value is -1.64. The van der Waals surface area contributed by atoms with Gasteiger partial charge in [-0.05, 0) is 56.1 Å². The number of ether oxygens (including phenoxy) is 1. The molecule has 1 aromatic rings. The van der Waals surface area contributed by atoms with E-state index in [0.717, 1.165) is 32.1 Å². The van der Waals surface area contributed by atoms with Crippen molar-refractivity contribution in [3.63, 3.8) is 0 Å². The molecule has 1 aromatic carbocycles. The fourth-order valence-electron chi connectivity index (χ4n) is 3.33. The SMILES string of the molecule is C=Cc1cc([C@H]2CC[C@H](CC)CC2)c(F)c(F)c1OC(C)C=C. The van der Waals surface area contributed by atoms with E-state index in [9.17, 15) is 8.78 Å². The third-order valence-corrected chi connectivity index (χ3v) is 4.94. The van der Waals surface area contributed by atoms with Gasteiger partial charge < -0.3 is 4.74 Å². The molecule has 23 heavy (non-hydrogen) atoms.